The van der Waals surface area contributed by atoms with E-state index in [-0.39, 0.29) is 12.2 Å². The first-order valence-corrected chi connectivity index (χ1v) is 16.2. The zero-order valence-electron chi connectivity index (χ0n) is 22.0. The summed E-state index contributed by atoms with van der Waals surface area (Å²) in [5.41, 5.74) is 6.89. The van der Waals surface area contributed by atoms with Crippen LogP contribution in [0, 0.1) is 0 Å². The summed E-state index contributed by atoms with van der Waals surface area (Å²) in [7, 11) is 0. The van der Waals surface area contributed by atoms with E-state index in [1.807, 2.05) is 0 Å². The summed E-state index contributed by atoms with van der Waals surface area (Å²) in [4.78, 5) is 0. The van der Waals surface area contributed by atoms with Crippen molar-refractivity contribution in [1.29, 1.82) is 0 Å². The number of fused-ring (bicyclic) bond motifs is 3. The topological polar surface area (TPSA) is 36.9 Å². The second-order valence-electron chi connectivity index (χ2n) is 10.1. The lowest BCUT2D eigenvalue weighted by Crippen LogP contribution is -2.28. The smallest absolute Gasteiger partial charge is 0.220 e. The Bertz CT molecular complexity index is 1480. The fourth-order valence-electron chi connectivity index (χ4n) is 5.90. The van der Waals surface area contributed by atoms with Crippen molar-refractivity contribution >= 4 is 56.7 Å². The predicted molar refractivity (Wildman–Crippen MR) is 175 cm³/mol. The van der Waals surface area contributed by atoms with Gasteiger partial charge in [0.05, 0.1) is 5.41 Å². The van der Waals surface area contributed by atoms with Gasteiger partial charge in [-0.05, 0) is 82.1 Å². The molecular weight excluding hydrogens is 589 g/mol. The van der Waals surface area contributed by atoms with E-state index in [1.54, 1.807) is 23.5 Å². The lowest BCUT2D eigenvalue weighted by atomic mass is 9.68. The molecule has 0 radical (unpaired) electrons. The molecule has 2 atom stereocenters. The minimum atomic E-state index is -0.487. The van der Waals surface area contributed by atoms with Crippen molar-refractivity contribution in [2.75, 3.05) is 24.7 Å². The van der Waals surface area contributed by atoms with Crippen LogP contribution in [-0.4, -0.2) is 45.7 Å². The summed E-state index contributed by atoms with van der Waals surface area (Å²) in [5, 5.41) is 0. The average molecular weight is 615 g/mol. The fraction of sp³-hybridized carbons (Fsp3) is 0.212. The third-order valence-corrected chi connectivity index (χ3v) is 10.3. The van der Waals surface area contributed by atoms with Crippen LogP contribution in [0.1, 0.15) is 22.3 Å². The summed E-state index contributed by atoms with van der Waals surface area (Å²) in [5.74, 6) is 3.27. The largest absolute Gasteiger partial charge is 0.490 e. The Morgan fingerprint density at radius 1 is 0.610 bits per heavy atom. The van der Waals surface area contributed by atoms with Crippen LogP contribution < -0.4 is 9.47 Å². The van der Waals surface area contributed by atoms with Crippen LogP contribution in [0.2, 0.25) is 0 Å². The van der Waals surface area contributed by atoms with Crippen molar-refractivity contribution in [3.05, 3.63) is 119 Å². The van der Waals surface area contributed by atoms with Crippen molar-refractivity contribution in [2.45, 2.75) is 17.6 Å². The second kappa shape index (κ2) is 11.3. The molecule has 1 aliphatic carbocycles. The number of rotatable bonds is 8. The number of ether oxygens (including phenoxy) is 4. The van der Waals surface area contributed by atoms with Crippen molar-refractivity contribution in [2.24, 2.45) is 0 Å². The van der Waals surface area contributed by atoms with Crippen LogP contribution >= 0.6 is 48.0 Å². The van der Waals surface area contributed by atoms with Crippen molar-refractivity contribution in [1.82, 2.24) is 0 Å². The summed E-state index contributed by atoms with van der Waals surface area (Å²) in [6.07, 6.45) is -0.0214. The van der Waals surface area contributed by atoms with Crippen molar-refractivity contribution in [3.8, 4) is 22.6 Å². The van der Waals surface area contributed by atoms with Crippen LogP contribution in [0.15, 0.2) is 97.1 Å². The molecule has 7 rings (SSSR count). The molecule has 0 saturated carbocycles. The van der Waals surface area contributed by atoms with E-state index in [0.717, 1.165) is 23.0 Å². The lowest BCUT2D eigenvalue weighted by molar-refractivity contribution is 0.151. The van der Waals surface area contributed by atoms with E-state index in [1.165, 1.54) is 33.4 Å². The van der Waals surface area contributed by atoms with Gasteiger partial charge in [0.2, 0.25) is 8.77 Å². The Labute approximate surface area is 258 Å². The molecule has 4 aromatic carbocycles. The minimum absolute atomic E-state index is 0.0107. The first-order chi connectivity index (χ1) is 20.1. The summed E-state index contributed by atoms with van der Waals surface area (Å²) < 4.78 is 24.7. The van der Waals surface area contributed by atoms with Gasteiger partial charge < -0.3 is 18.9 Å². The Hall–Kier alpha value is -3.04. The van der Waals surface area contributed by atoms with Gasteiger partial charge in [0.25, 0.3) is 0 Å². The van der Waals surface area contributed by atoms with Crippen LogP contribution in [0.5, 0.6) is 11.5 Å². The van der Waals surface area contributed by atoms with Gasteiger partial charge in [-0.1, -0.05) is 96.3 Å². The SMILES string of the molecule is S=C1OC(COc2ccc(C3(c4ccc(OCC5CSC(=S)O5)cc4)c4ccccc4-c4ccccc43)cc2)CS1. The third-order valence-electron chi connectivity index (χ3n) is 7.70. The molecule has 0 aromatic heterocycles. The molecule has 2 saturated heterocycles. The predicted octanol–water partition coefficient (Wildman–Crippen LogP) is 7.64. The molecule has 2 heterocycles. The molecule has 3 aliphatic rings. The van der Waals surface area contributed by atoms with Gasteiger partial charge in [0.1, 0.15) is 36.9 Å². The van der Waals surface area contributed by atoms with E-state index in [4.69, 9.17) is 43.4 Å². The van der Waals surface area contributed by atoms with Crippen LogP contribution in [-0.2, 0) is 14.9 Å². The fourth-order valence-corrected chi connectivity index (χ4v) is 7.96. The van der Waals surface area contributed by atoms with Gasteiger partial charge >= 0.3 is 0 Å². The van der Waals surface area contributed by atoms with E-state index in [9.17, 15) is 0 Å². The van der Waals surface area contributed by atoms with Gasteiger partial charge in [-0.3, -0.25) is 0 Å². The van der Waals surface area contributed by atoms with E-state index >= 15 is 0 Å². The number of hydrogen-bond donors (Lipinski definition) is 0. The third kappa shape index (κ3) is 5.01. The minimum Gasteiger partial charge on any atom is -0.490 e. The first-order valence-electron chi connectivity index (χ1n) is 13.4. The van der Waals surface area contributed by atoms with Crippen LogP contribution in [0.4, 0.5) is 0 Å². The first kappa shape index (κ1) is 26.8. The number of hydrogen-bond acceptors (Lipinski definition) is 8. The van der Waals surface area contributed by atoms with Crippen LogP contribution in [0.3, 0.4) is 0 Å². The molecular formula is C33H26O4S4. The normalized spacial score (nSPS) is 20.2. The van der Waals surface area contributed by atoms with Gasteiger partial charge in [-0.25, -0.2) is 0 Å². The number of thiocarbonyl (C=S) groups is 2. The monoisotopic (exact) mass is 614 g/mol. The number of benzene rings is 4. The molecule has 2 unspecified atom stereocenters. The Morgan fingerprint density at radius 3 is 1.41 bits per heavy atom. The molecule has 2 fully saturated rings. The van der Waals surface area contributed by atoms with Gasteiger partial charge in [-0.2, -0.15) is 0 Å². The highest BCUT2D eigenvalue weighted by atomic mass is 32.2. The molecule has 0 N–H and O–H groups in total. The summed E-state index contributed by atoms with van der Waals surface area (Å²) in [6.45, 7) is 0.947. The highest BCUT2D eigenvalue weighted by Crippen LogP contribution is 2.56. The van der Waals surface area contributed by atoms with Crippen molar-refractivity contribution in [3.63, 3.8) is 0 Å². The van der Waals surface area contributed by atoms with E-state index < -0.39 is 5.41 Å². The van der Waals surface area contributed by atoms with Crippen molar-refractivity contribution < 1.29 is 18.9 Å². The zero-order chi connectivity index (χ0) is 27.8. The molecule has 206 valence electrons. The lowest BCUT2D eigenvalue weighted by Gasteiger charge is -2.34. The van der Waals surface area contributed by atoms with Gasteiger partial charge in [0, 0.05) is 11.5 Å². The molecule has 0 spiro atoms. The second-order valence-corrected chi connectivity index (χ2v) is 13.4. The number of thioether (sulfide) groups is 2. The maximum absolute atomic E-state index is 6.09. The molecule has 0 bridgehead atoms. The maximum Gasteiger partial charge on any atom is 0.220 e. The Balaban J connectivity index is 1.24. The zero-order valence-corrected chi connectivity index (χ0v) is 25.3. The van der Waals surface area contributed by atoms with E-state index in [2.05, 4.69) is 97.1 Å². The summed E-state index contributed by atoms with van der Waals surface area (Å²) >= 11 is 13.4. The average Bonchev–Trinajstić information content (AvgIpc) is 3.71. The Kier molecular flexibility index (Phi) is 7.41. The van der Waals surface area contributed by atoms with Crippen LogP contribution in [0.25, 0.3) is 11.1 Å². The highest BCUT2D eigenvalue weighted by molar-refractivity contribution is 8.23. The molecule has 8 heteroatoms. The van der Waals surface area contributed by atoms with Gasteiger partial charge in [0.15, 0.2) is 0 Å². The standard InChI is InChI=1S/C33H26O4S4/c38-31-36-25(19-40-31)17-34-23-13-9-21(10-14-23)33(29-7-3-1-5-27(29)28-6-2-4-8-30(28)33)22-11-15-24(16-12-22)35-18-26-20-41-32(39)37-26/h1-16,25-26H,17-20H2. The summed E-state index contributed by atoms with van der Waals surface area (Å²) in [6, 6.07) is 34.4. The molecule has 41 heavy (non-hydrogen) atoms. The quantitative estimate of drug-likeness (QED) is 0.165. The van der Waals surface area contributed by atoms with Gasteiger partial charge in [-0.15, -0.1) is 0 Å². The molecule has 2 aliphatic heterocycles. The maximum atomic E-state index is 6.09. The molecule has 4 nitrogen and oxygen atoms in total. The Morgan fingerprint density at radius 2 is 1.02 bits per heavy atom. The molecule has 0 amide bonds. The molecule has 4 aromatic rings. The highest BCUT2D eigenvalue weighted by Gasteiger charge is 2.45. The van der Waals surface area contributed by atoms with E-state index in [0.29, 0.717) is 22.0 Å².